The number of anilines is 2. The maximum Gasteiger partial charge on any atom is 0.321 e. The number of carbonyl (C=O) groups is 1. The summed E-state index contributed by atoms with van der Waals surface area (Å²) in [4.78, 5) is 20.5. The number of carbonyl (C=O) groups excluding carboxylic acids is 1. The van der Waals surface area contributed by atoms with Gasteiger partial charge in [-0.2, -0.15) is 4.98 Å². The van der Waals surface area contributed by atoms with Crippen molar-refractivity contribution < 1.29 is 36.2 Å². The van der Waals surface area contributed by atoms with E-state index in [0.717, 1.165) is 6.20 Å². The normalized spacial score (nSPS) is 13.7. The fourth-order valence-electron chi connectivity index (χ4n) is 3.74. The number of nitrogens with zero attached hydrogens (tertiary/aromatic N) is 2. The lowest BCUT2D eigenvalue weighted by Gasteiger charge is -2.19. The average molecular weight is 548 g/mol. The van der Waals surface area contributed by atoms with Crippen LogP contribution in [0.3, 0.4) is 0 Å². The number of fused-ring (bicyclic) bond motifs is 6. The summed E-state index contributed by atoms with van der Waals surface area (Å²) in [6.45, 7) is 5.25. The van der Waals surface area contributed by atoms with Gasteiger partial charge in [0.15, 0.2) is 9.84 Å². The molecule has 4 rings (SSSR count). The first-order chi connectivity index (χ1) is 17.9. The molecule has 0 saturated carbocycles. The van der Waals surface area contributed by atoms with Crippen LogP contribution < -0.4 is 14.8 Å². The molecule has 0 saturated heterocycles. The Morgan fingerprint density at radius 1 is 1.05 bits per heavy atom. The molecule has 202 valence electrons. The first-order valence-corrected chi connectivity index (χ1v) is 13.6. The van der Waals surface area contributed by atoms with E-state index < -0.39 is 44.5 Å². The minimum atomic E-state index is -3.88. The number of benzene rings is 1. The Bertz CT molecular complexity index is 1460. The number of hydrogen-bond donors (Lipinski definition) is 1. The van der Waals surface area contributed by atoms with Gasteiger partial charge in [-0.15, -0.1) is 0 Å². The zero-order valence-corrected chi connectivity index (χ0v) is 21.9. The third kappa shape index (κ3) is 7.37. The number of rotatable bonds is 4. The van der Waals surface area contributed by atoms with Crippen LogP contribution in [-0.4, -0.2) is 48.9 Å². The zero-order chi connectivity index (χ0) is 27.5. The van der Waals surface area contributed by atoms with E-state index in [1.165, 1.54) is 36.4 Å². The largest absolute Gasteiger partial charge is 0.493 e. The highest BCUT2D eigenvalue weighted by Crippen LogP contribution is 2.34. The molecule has 1 N–H and O–H groups in total. The van der Waals surface area contributed by atoms with E-state index in [1.54, 1.807) is 20.8 Å². The molecule has 0 atom stereocenters. The summed E-state index contributed by atoms with van der Waals surface area (Å²) in [5, 5.41) is 2.93. The standard InChI is InChI=1S/C26H27F2N3O6S/c1-26(2,3)37-25(32)15-38(33,34)14-16-9-23-30-22-12-19(20(28)13-29-22)18-6-5-17(27)11-21(18)35-7-4-8-36-24(10-16)31-23/h5-6,9-13H,4,7-8,14-15H2,1-3H3,(H,29,30,31). The summed E-state index contributed by atoms with van der Waals surface area (Å²) in [6, 6.07) is 8.15. The molecule has 0 spiro atoms. The smallest absolute Gasteiger partial charge is 0.321 e. The quantitative estimate of drug-likeness (QED) is 0.468. The minimum absolute atomic E-state index is 0.127. The van der Waals surface area contributed by atoms with Crippen molar-refractivity contribution in [3.8, 4) is 22.8 Å². The summed E-state index contributed by atoms with van der Waals surface area (Å²) in [5.74, 6) is -2.58. The number of halogens is 2. The monoisotopic (exact) mass is 547 g/mol. The molecule has 3 aromatic rings. The van der Waals surface area contributed by atoms with Gasteiger partial charge in [0.1, 0.15) is 40.4 Å². The number of aromatic nitrogens is 2. The molecular weight excluding hydrogens is 520 g/mol. The van der Waals surface area contributed by atoms with Crippen LogP contribution in [0.4, 0.5) is 20.4 Å². The summed E-state index contributed by atoms with van der Waals surface area (Å²) in [5.41, 5.74) is -0.0405. The lowest BCUT2D eigenvalue weighted by atomic mass is 10.0. The van der Waals surface area contributed by atoms with Crippen molar-refractivity contribution in [1.29, 1.82) is 0 Å². The molecule has 9 nitrogen and oxygen atoms in total. The summed E-state index contributed by atoms with van der Waals surface area (Å²) in [6.07, 6.45) is 1.38. The predicted molar refractivity (Wildman–Crippen MR) is 136 cm³/mol. The van der Waals surface area contributed by atoms with E-state index in [-0.39, 0.29) is 42.0 Å². The van der Waals surface area contributed by atoms with Gasteiger partial charge in [-0.25, -0.2) is 22.2 Å². The van der Waals surface area contributed by atoms with E-state index in [0.29, 0.717) is 17.5 Å². The highest BCUT2D eigenvalue weighted by atomic mass is 32.2. The van der Waals surface area contributed by atoms with Gasteiger partial charge in [0.25, 0.3) is 0 Å². The molecule has 0 amide bonds. The molecule has 1 aliphatic heterocycles. The number of ether oxygens (including phenoxy) is 3. The second-order valence-electron chi connectivity index (χ2n) is 9.68. The van der Waals surface area contributed by atoms with Gasteiger partial charge in [-0.05, 0) is 50.6 Å². The SMILES string of the molecule is CC(C)(C)OC(=O)CS(=O)(=O)Cc1cc2nc(c1)OCCCOc1cc(F)ccc1-c1cc(ncc1F)N2. The molecule has 38 heavy (non-hydrogen) atoms. The van der Waals surface area contributed by atoms with Crippen LogP contribution in [0.2, 0.25) is 0 Å². The first kappa shape index (κ1) is 27.2. The first-order valence-electron chi connectivity index (χ1n) is 11.8. The Balaban J connectivity index is 1.66. The second kappa shape index (κ2) is 10.9. The Morgan fingerprint density at radius 2 is 1.82 bits per heavy atom. The van der Waals surface area contributed by atoms with Gasteiger partial charge >= 0.3 is 5.97 Å². The summed E-state index contributed by atoms with van der Waals surface area (Å²) in [7, 11) is -3.88. The van der Waals surface area contributed by atoms with Crippen LogP contribution >= 0.6 is 0 Å². The Labute approximate surface area is 219 Å². The van der Waals surface area contributed by atoms with Crippen molar-refractivity contribution in [2.75, 3.05) is 24.3 Å². The van der Waals surface area contributed by atoms with Crippen LogP contribution in [0, 0.1) is 11.6 Å². The van der Waals surface area contributed by atoms with Crippen LogP contribution in [0.15, 0.2) is 42.6 Å². The third-order valence-electron chi connectivity index (χ3n) is 5.15. The summed E-state index contributed by atoms with van der Waals surface area (Å²) >= 11 is 0. The average Bonchev–Trinajstić information content (AvgIpc) is 2.78. The second-order valence-corrected chi connectivity index (χ2v) is 11.7. The van der Waals surface area contributed by atoms with Crippen LogP contribution in [-0.2, 0) is 25.1 Å². The third-order valence-corrected chi connectivity index (χ3v) is 6.60. The molecule has 0 unspecified atom stereocenters. The minimum Gasteiger partial charge on any atom is -0.493 e. The van der Waals surface area contributed by atoms with Gasteiger partial charge in [0.2, 0.25) is 5.88 Å². The lowest BCUT2D eigenvalue weighted by molar-refractivity contribution is -0.151. The molecule has 1 aliphatic rings. The predicted octanol–water partition coefficient (Wildman–Crippen LogP) is 4.58. The van der Waals surface area contributed by atoms with Gasteiger partial charge in [-0.3, -0.25) is 4.79 Å². The van der Waals surface area contributed by atoms with Crippen LogP contribution in [0.5, 0.6) is 11.6 Å². The van der Waals surface area contributed by atoms with Gasteiger partial charge in [0.05, 0.1) is 25.2 Å². The van der Waals surface area contributed by atoms with E-state index >= 15 is 0 Å². The molecule has 0 radical (unpaired) electrons. The maximum atomic E-state index is 14.7. The maximum absolute atomic E-state index is 14.7. The van der Waals surface area contributed by atoms with Crippen LogP contribution in [0.1, 0.15) is 32.8 Å². The van der Waals surface area contributed by atoms with Crippen molar-refractivity contribution >= 4 is 27.4 Å². The van der Waals surface area contributed by atoms with E-state index in [9.17, 15) is 22.0 Å². The zero-order valence-electron chi connectivity index (χ0n) is 21.1. The molecule has 3 heterocycles. The van der Waals surface area contributed by atoms with Crippen molar-refractivity contribution in [3.05, 3.63) is 59.8 Å². The van der Waals surface area contributed by atoms with Gasteiger partial charge in [0, 0.05) is 29.7 Å². The van der Waals surface area contributed by atoms with Crippen molar-refractivity contribution in [2.45, 2.75) is 38.5 Å². The Hall–Kier alpha value is -3.80. The summed E-state index contributed by atoms with van der Waals surface area (Å²) < 4.78 is 70.6. The van der Waals surface area contributed by atoms with Crippen molar-refractivity contribution in [1.82, 2.24) is 9.97 Å². The van der Waals surface area contributed by atoms with Crippen LogP contribution in [0.25, 0.3) is 11.1 Å². The highest BCUT2D eigenvalue weighted by Gasteiger charge is 2.24. The number of pyridine rings is 2. The lowest BCUT2D eigenvalue weighted by Crippen LogP contribution is -2.29. The highest BCUT2D eigenvalue weighted by molar-refractivity contribution is 7.91. The fourth-order valence-corrected chi connectivity index (χ4v) is 4.93. The Kier molecular flexibility index (Phi) is 7.81. The number of hydrogen-bond acceptors (Lipinski definition) is 9. The topological polar surface area (TPSA) is 117 Å². The molecule has 1 aromatic carbocycles. The Morgan fingerprint density at radius 3 is 2.58 bits per heavy atom. The molecule has 0 fully saturated rings. The van der Waals surface area contributed by atoms with E-state index in [4.69, 9.17) is 14.2 Å². The van der Waals surface area contributed by atoms with E-state index in [1.807, 2.05) is 0 Å². The molecule has 0 aliphatic carbocycles. The fraction of sp³-hybridized carbons (Fsp3) is 0.346. The number of sulfone groups is 1. The van der Waals surface area contributed by atoms with E-state index in [2.05, 4.69) is 15.3 Å². The van der Waals surface area contributed by atoms with Gasteiger partial charge < -0.3 is 19.5 Å². The molecule has 12 heteroatoms. The van der Waals surface area contributed by atoms with Crippen molar-refractivity contribution in [3.63, 3.8) is 0 Å². The van der Waals surface area contributed by atoms with Crippen molar-refractivity contribution in [2.24, 2.45) is 0 Å². The molecular formula is C26H27F2N3O6S. The molecule has 4 bridgehead atoms. The van der Waals surface area contributed by atoms with Gasteiger partial charge in [-0.1, -0.05) is 0 Å². The number of esters is 1. The number of nitrogens with one attached hydrogen (secondary N) is 1. The molecule has 2 aromatic heterocycles.